The van der Waals surface area contributed by atoms with Gasteiger partial charge in [0.15, 0.2) is 0 Å². The maximum absolute atomic E-state index is 12.6. The lowest BCUT2D eigenvalue weighted by molar-refractivity contribution is -0.182. The van der Waals surface area contributed by atoms with E-state index in [9.17, 15) is 22.8 Å². The summed E-state index contributed by atoms with van der Waals surface area (Å²) in [4.78, 5) is 25.4. The maximum Gasteiger partial charge on any atom is 0.391 e. The molecule has 1 aliphatic heterocycles. The van der Waals surface area contributed by atoms with Gasteiger partial charge in [-0.15, -0.1) is 0 Å². The zero-order valence-corrected chi connectivity index (χ0v) is 12.6. The lowest BCUT2D eigenvalue weighted by Gasteiger charge is -2.32. The number of rotatable bonds is 2. The Morgan fingerprint density at radius 1 is 1.09 bits per heavy atom. The number of hydrogen-bond acceptors (Lipinski definition) is 2. The largest absolute Gasteiger partial charge is 0.391 e. The number of halogens is 3. The highest BCUT2D eigenvalue weighted by Crippen LogP contribution is 2.37. The van der Waals surface area contributed by atoms with Crippen molar-refractivity contribution in [2.75, 3.05) is 13.6 Å². The van der Waals surface area contributed by atoms with Gasteiger partial charge in [-0.1, -0.05) is 0 Å². The first-order chi connectivity index (χ1) is 10.3. The Hall–Kier alpha value is -1.47. The molecule has 2 aliphatic rings. The smallest absolute Gasteiger partial charge is 0.357 e. The predicted octanol–water partition coefficient (Wildman–Crippen LogP) is 2.03. The quantitative estimate of drug-likeness (QED) is 0.817. The van der Waals surface area contributed by atoms with Crippen LogP contribution in [0.25, 0.3) is 0 Å². The van der Waals surface area contributed by atoms with Crippen LogP contribution in [0.1, 0.15) is 38.5 Å². The van der Waals surface area contributed by atoms with Gasteiger partial charge in [0.05, 0.1) is 5.92 Å². The molecular formula is C14H22F3N3O2. The summed E-state index contributed by atoms with van der Waals surface area (Å²) in [6, 6.07) is -1.06. The van der Waals surface area contributed by atoms with Gasteiger partial charge < -0.3 is 15.5 Å². The maximum atomic E-state index is 12.6. The standard InChI is InChI=1S/C14H22F3N3O2/c1-18-12(21)11-3-2-8-20(11)13(22)19-10-6-4-9(5-7-10)14(15,16)17/h9-11H,2-8H2,1H3,(H,18,21)(H,19,22). The van der Waals surface area contributed by atoms with Gasteiger partial charge >= 0.3 is 12.2 Å². The monoisotopic (exact) mass is 321 g/mol. The highest BCUT2D eigenvalue weighted by molar-refractivity contribution is 5.87. The minimum Gasteiger partial charge on any atom is -0.357 e. The van der Waals surface area contributed by atoms with Crippen LogP contribution in [0.5, 0.6) is 0 Å². The first-order valence-corrected chi connectivity index (χ1v) is 7.68. The van der Waals surface area contributed by atoms with Crippen molar-refractivity contribution in [3.05, 3.63) is 0 Å². The molecule has 3 amide bonds. The number of carbonyl (C=O) groups excluding carboxylic acids is 2. The molecule has 1 saturated carbocycles. The SMILES string of the molecule is CNC(=O)C1CCCN1C(=O)NC1CCC(C(F)(F)F)CC1. The van der Waals surface area contributed by atoms with Gasteiger partial charge in [0, 0.05) is 19.6 Å². The van der Waals surface area contributed by atoms with Crippen LogP contribution in [0, 0.1) is 5.92 Å². The second-order valence-corrected chi connectivity index (χ2v) is 6.01. The highest BCUT2D eigenvalue weighted by atomic mass is 19.4. The number of alkyl halides is 3. The normalized spacial score (nSPS) is 29.3. The average molecular weight is 321 g/mol. The van der Waals surface area contributed by atoms with Crippen molar-refractivity contribution >= 4 is 11.9 Å². The first-order valence-electron chi connectivity index (χ1n) is 7.68. The van der Waals surface area contributed by atoms with Gasteiger partial charge in [-0.2, -0.15) is 13.2 Å². The van der Waals surface area contributed by atoms with E-state index >= 15 is 0 Å². The van der Waals surface area contributed by atoms with Crippen LogP contribution in [0.4, 0.5) is 18.0 Å². The van der Waals surface area contributed by atoms with Gasteiger partial charge in [-0.05, 0) is 38.5 Å². The topological polar surface area (TPSA) is 61.4 Å². The van der Waals surface area contributed by atoms with Crippen LogP contribution in [0.2, 0.25) is 0 Å². The number of likely N-dealkylation sites (tertiary alicyclic amines) is 1. The van der Waals surface area contributed by atoms with Crippen molar-refractivity contribution in [3.63, 3.8) is 0 Å². The van der Waals surface area contributed by atoms with Crippen molar-refractivity contribution in [2.45, 2.75) is 56.8 Å². The molecule has 1 unspecified atom stereocenters. The van der Waals surface area contributed by atoms with Crippen LogP contribution in [0.15, 0.2) is 0 Å². The molecular weight excluding hydrogens is 299 g/mol. The summed E-state index contributed by atoms with van der Waals surface area (Å²) in [5.74, 6) is -1.46. The van der Waals surface area contributed by atoms with E-state index < -0.39 is 18.1 Å². The fraction of sp³-hybridized carbons (Fsp3) is 0.857. The van der Waals surface area contributed by atoms with Crippen molar-refractivity contribution in [1.29, 1.82) is 0 Å². The molecule has 22 heavy (non-hydrogen) atoms. The summed E-state index contributed by atoms with van der Waals surface area (Å²) in [7, 11) is 1.52. The molecule has 1 atom stereocenters. The molecule has 0 aromatic carbocycles. The van der Waals surface area contributed by atoms with E-state index in [2.05, 4.69) is 10.6 Å². The molecule has 2 fully saturated rings. The first kappa shape index (κ1) is 16.9. The molecule has 0 radical (unpaired) electrons. The number of amides is 3. The van der Waals surface area contributed by atoms with E-state index in [1.54, 1.807) is 0 Å². The summed E-state index contributed by atoms with van der Waals surface area (Å²) in [5.41, 5.74) is 0. The van der Waals surface area contributed by atoms with Crippen LogP contribution in [-0.4, -0.2) is 48.7 Å². The molecule has 126 valence electrons. The van der Waals surface area contributed by atoms with Crippen LogP contribution < -0.4 is 10.6 Å². The molecule has 0 aromatic rings. The van der Waals surface area contributed by atoms with Crippen molar-refractivity contribution in [2.24, 2.45) is 5.92 Å². The van der Waals surface area contributed by atoms with Gasteiger partial charge in [0.1, 0.15) is 6.04 Å². The molecule has 5 nitrogen and oxygen atoms in total. The van der Waals surface area contributed by atoms with E-state index in [1.807, 2.05) is 0 Å². The highest BCUT2D eigenvalue weighted by Gasteiger charge is 2.42. The van der Waals surface area contributed by atoms with E-state index in [-0.39, 0.29) is 30.8 Å². The Labute approximate surface area is 127 Å². The van der Waals surface area contributed by atoms with Gasteiger partial charge in [-0.25, -0.2) is 4.79 Å². The van der Waals surface area contributed by atoms with Crippen molar-refractivity contribution in [3.8, 4) is 0 Å². The van der Waals surface area contributed by atoms with Crippen LogP contribution >= 0.6 is 0 Å². The molecule has 0 aromatic heterocycles. The minimum absolute atomic E-state index is 0.0489. The second kappa shape index (κ2) is 6.75. The Kier molecular flexibility index (Phi) is 5.18. The Morgan fingerprint density at radius 3 is 2.27 bits per heavy atom. The molecule has 1 saturated heterocycles. The summed E-state index contributed by atoms with van der Waals surface area (Å²) in [6.45, 7) is 0.502. The van der Waals surface area contributed by atoms with Crippen LogP contribution in [-0.2, 0) is 4.79 Å². The Morgan fingerprint density at radius 2 is 1.73 bits per heavy atom. The zero-order chi connectivity index (χ0) is 16.3. The van der Waals surface area contributed by atoms with Gasteiger partial charge in [0.2, 0.25) is 5.91 Å². The summed E-state index contributed by atoms with van der Waals surface area (Å²) in [5, 5.41) is 5.31. The lowest BCUT2D eigenvalue weighted by atomic mass is 9.85. The second-order valence-electron chi connectivity index (χ2n) is 6.01. The van der Waals surface area contributed by atoms with Crippen molar-refractivity contribution in [1.82, 2.24) is 15.5 Å². The molecule has 1 heterocycles. The van der Waals surface area contributed by atoms with E-state index in [0.29, 0.717) is 25.8 Å². The molecule has 1 aliphatic carbocycles. The van der Waals surface area contributed by atoms with E-state index in [1.165, 1.54) is 11.9 Å². The molecule has 2 N–H and O–H groups in total. The third-order valence-electron chi connectivity index (χ3n) is 4.58. The van der Waals surface area contributed by atoms with Crippen LogP contribution in [0.3, 0.4) is 0 Å². The Bertz CT molecular complexity index is 420. The molecule has 0 spiro atoms. The summed E-state index contributed by atoms with van der Waals surface area (Å²) < 4.78 is 37.8. The lowest BCUT2D eigenvalue weighted by Crippen LogP contribution is -2.51. The minimum atomic E-state index is -4.14. The summed E-state index contributed by atoms with van der Waals surface area (Å²) in [6.07, 6.45) is -2.02. The Balaban J connectivity index is 1.84. The van der Waals surface area contributed by atoms with E-state index in [0.717, 1.165) is 6.42 Å². The summed E-state index contributed by atoms with van der Waals surface area (Å²) >= 11 is 0. The van der Waals surface area contributed by atoms with Gasteiger partial charge in [0.25, 0.3) is 0 Å². The fourth-order valence-corrected chi connectivity index (χ4v) is 3.27. The number of nitrogens with one attached hydrogen (secondary N) is 2. The zero-order valence-electron chi connectivity index (χ0n) is 12.6. The van der Waals surface area contributed by atoms with Gasteiger partial charge in [-0.3, -0.25) is 4.79 Å². The number of hydrogen-bond donors (Lipinski definition) is 2. The van der Waals surface area contributed by atoms with E-state index in [4.69, 9.17) is 0 Å². The number of urea groups is 1. The third-order valence-corrected chi connectivity index (χ3v) is 4.58. The number of likely N-dealkylation sites (N-methyl/N-ethyl adjacent to an activating group) is 1. The predicted molar refractivity (Wildman–Crippen MR) is 74.1 cm³/mol. The number of carbonyl (C=O) groups is 2. The fourth-order valence-electron chi connectivity index (χ4n) is 3.27. The molecule has 2 rings (SSSR count). The molecule has 0 bridgehead atoms. The third kappa shape index (κ3) is 3.84. The average Bonchev–Trinajstić information content (AvgIpc) is 2.95. The van der Waals surface area contributed by atoms with Crippen molar-refractivity contribution < 1.29 is 22.8 Å². The number of nitrogens with zero attached hydrogens (tertiary/aromatic N) is 1. The molecule has 8 heteroatoms.